The fourth-order valence-corrected chi connectivity index (χ4v) is 2.43. The van der Waals surface area contributed by atoms with Gasteiger partial charge in [-0.2, -0.15) is 0 Å². The summed E-state index contributed by atoms with van der Waals surface area (Å²) in [5, 5.41) is 1.51. The van der Waals surface area contributed by atoms with Crippen molar-refractivity contribution < 1.29 is 9.53 Å². The summed E-state index contributed by atoms with van der Waals surface area (Å²) in [4.78, 5) is 16.0. The van der Waals surface area contributed by atoms with Gasteiger partial charge in [0.25, 0.3) is 0 Å². The fourth-order valence-electron chi connectivity index (χ4n) is 2.00. The molecule has 0 N–H and O–H groups in total. The third kappa shape index (κ3) is 4.06. The lowest BCUT2D eigenvalue weighted by Crippen LogP contribution is -2.01. The molecule has 0 atom stereocenters. The molecule has 120 valence electrons. The molecule has 0 radical (unpaired) electrons. The van der Waals surface area contributed by atoms with Gasteiger partial charge in [0.2, 0.25) is 5.90 Å². The minimum atomic E-state index is -0.517. The van der Waals surface area contributed by atoms with Crippen molar-refractivity contribution in [2.45, 2.75) is 0 Å². The normalized spacial score (nSPS) is 15.9. The standard InChI is InChI=1S/C18H10Cl3NO2/c19-13-5-1-11(2-6-13)4-8-17-22-16(18(23)24-17)10-12-3-7-14(20)15(21)9-12/h1-10H. The number of ether oxygens (including phenoxy) is 1. The van der Waals surface area contributed by atoms with Crippen LogP contribution in [0.2, 0.25) is 15.1 Å². The van der Waals surface area contributed by atoms with E-state index in [-0.39, 0.29) is 11.6 Å². The van der Waals surface area contributed by atoms with E-state index in [1.165, 1.54) is 0 Å². The average molecular weight is 379 g/mol. The maximum absolute atomic E-state index is 11.9. The molecule has 1 aliphatic heterocycles. The lowest BCUT2D eigenvalue weighted by atomic mass is 10.2. The van der Waals surface area contributed by atoms with E-state index in [9.17, 15) is 4.79 Å². The smallest absolute Gasteiger partial charge is 0.363 e. The summed E-state index contributed by atoms with van der Waals surface area (Å²) in [5.74, 6) is -0.293. The first-order valence-corrected chi connectivity index (χ1v) is 8.06. The first-order valence-electron chi connectivity index (χ1n) is 6.92. The van der Waals surface area contributed by atoms with E-state index < -0.39 is 5.97 Å². The highest BCUT2D eigenvalue weighted by Crippen LogP contribution is 2.25. The first kappa shape index (κ1) is 16.8. The molecule has 3 rings (SSSR count). The van der Waals surface area contributed by atoms with Crippen LogP contribution in [0.1, 0.15) is 11.1 Å². The Kier molecular flexibility index (Phi) is 5.05. The van der Waals surface area contributed by atoms with Crippen LogP contribution in [0.3, 0.4) is 0 Å². The second-order valence-corrected chi connectivity index (χ2v) is 6.18. The number of rotatable bonds is 3. The molecule has 1 heterocycles. The van der Waals surface area contributed by atoms with Crippen LogP contribution in [0, 0.1) is 0 Å². The molecule has 0 saturated heterocycles. The number of nitrogens with zero attached hydrogens (tertiary/aromatic N) is 1. The van der Waals surface area contributed by atoms with Crippen LogP contribution in [0.25, 0.3) is 12.2 Å². The number of carbonyl (C=O) groups is 1. The van der Waals surface area contributed by atoms with Gasteiger partial charge in [-0.15, -0.1) is 0 Å². The van der Waals surface area contributed by atoms with Crippen molar-refractivity contribution in [1.29, 1.82) is 0 Å². The molecule has 2 aromatic carbocycles. The molecule has 0 unspecified atom stereocenters. The molecule has 0 fully saturated rings. The molecule has 1 aliphatic rings. The molecule has 2 aromatic rings. The summed E-state index contributed by atoms with van der Waals surface area (Å²) in [6.07, 6.45) is 5.00. The summed E-state index contributed by atoms with van der Waals surface area (Å²) >= 11 is 17.7. The topological polar surface area (TPSA) is 38.7 Å². The van der Waals surface area contributed by atoms with Crippen LogP contribution >= 0.6 is 34.8 Å². The predicted octanol–water partition coefficient (Wildman–Crippen LogP) is 5.66. The van der Waals surface area contributed by atoms with Crippen molar-refractivity contribution in [3.63, 3.8) is 0 Å². The molecule has 0 amide bonds. The lowest BCUT2D eigenvalue weighted by Gasteiger charge is -1.97. The van der Waals surface area contributed by atoms with Crippen molar-refractivity contribution >= 4 is 58.8 Å². The Hall–Kier alpha value is -2.07. The summed E-state index contributed by atoms with van der Waals surface area (Å²) in [6, 6.07) is 12.3. The van der Waals surface area contributed by atoms with Crippen molar-refractivity contribution in [3.05, 3.63) is 80.4 Å². The lowest BCUT2D eigenvalue weighted by molar-refractivity contribution is -0.129. The molecular weight excluding hydrogens is 369 g/mol. The molecule has 6 heteroatoms. The quantitative estimate of drug-likeness (QED) is 0.511. The molecular formula is C18H10Cl3NO2. The number of hydrogen-bond donors (Lipinski definition) is 0. The van der Waals surface area contributed by atoms with Crippen molar-refractivity contribution in [1.82, 2.24) is 0 Å². The Morgan fingerprint density at radius 2 is 1.58 bits per heavy atom. The van der Waals surface area contributed by atoms with E-state index in [1.54, 1.807) is 48.6 Å². The number of benzene rings is 2. The molecule has 24 heavy (non-hydrogen) atoms. The predicted molar refractivity (Wildman–Crippen MR) is 98.5 cm³/mol. The molecule has 0 aromatic heterocycles. The summed E-state index contributed by atoms with van der Waals surface area (Å²) in [7, 11) is 0. The maximum Gasteiger partial charge on any atom is 0.363 e. The number of hydrogen-bond acceptors (Lipinski definition) is 3. The van der Waals surface area contributed by atoms with Crippen LogP contribution in [0.4, 0.5) is 0 Å². The zero-order valence-electron chi connectivity index (χ0n) is 12.2. The molecule has 3 nitrogen and oxygen atoms in total. The minimum Gasteiger partial charge on any atom is -0.403 e. The molecule has 0 aliphatic carbocycles. The summed E-state index contributed by atoms with van der Waals surface area (Å²) in [5.41, 5.74) is 1.83. The van der Waals surface area contributed by atoms with Crippen molar-refractivity contribution in [2.75, 3.05) is 0 Å². The molecule has 0 saturated carbocycles. The van der Waals surface area contributed by atoms with Crippen LogP contribution in [-0.4, -0.2) is 11.9 Å². The van der Waals surface area contributed by atoms with E-state index in [1.807, 2.05) is 12.1 Å². The van der Waals surface area contributed by atoms with Crippen LogP contribution in [0.15, 0.2) is 59.2 Å². The van der Waals surface area contributed by atoms with Gasteiger partial charge in [0.15, 0.2) is 5.70 Å². The van der Waals surface area contributed by atoms with Crippen molar-refractivity contribution in [3.8, 4) is 0 Å². The van der Waals surface area contributed by atoms with E-state index in [0.29, 0.717) is 20.6 Å². The average Bonchev–Trinajstić information content (AvgIpc) is 2.90. The van der Waals surface area contributed by atoms with Crippen LogP contribution < -0.4 is 0 Å². The number of cyclic esters (lactones) is 1. The van der Waals surface area contributed by atoms with Gasteiger partial charge in [0.05, 0.1) is 10.0 Å². The molecule has 0 bridgehead atoms. The van der Waals surface area contributed by atoms with Gasteiger partial charge in [0.1, 0.15) is 0 Å². The van der Waals surface area contributed by atoms with E-state index in [2.05, 4.69) is 4.99 Å². The highest BCUT2D eigenvalue weighted by Gasteiger charge is 2.21. The third-order valence-corrected chi connectivity index (χ3v) is 4.16. The Morgan fingerprint density at radius 3 is 2.29 bits per heavy atom. The summed E-state index contributed by atoms with van der Waals surface area (Å²) < 4.78 is 5.12. The van der Waals surface area contributed by atoms with Gasteiger partial charge >= 0.3 is 5.97 Å². The molecule has 0 spiro atoms. The van der Waals surface area contributed by atoms with Crippen molar-refractivity contribution in [2.24, 2.45) is 4.99 Å². The SMILES string of the molecule is O=C1OC(C=Cc2ccc(Cl)cc2)=NC1=Cc1ccc(Cl)c(Cl)c1. The largest absolute Gasteiger partial charge is 0.403 e. The zero-order chi connectivity index (χ0) is 17.1. The number of carbonyl (C=O) groups excluding carboxylic acids is 1. The van der Waals surface area contributed by atoms with Gasteiger partial charge in [-0.3, -0.25) is 0 Å². The monoisotopic (exact) mass is 377 g/mol. The zero-order valence-corrected chi connectivity index (χ0v) is 14.4. The second kappa shape index (κ2) is 7.22. The minimum absolute atomic E-state index is 0.198. The van der Waals surface area contributed by atoms with E-state index in [0.717, 1.165) is 5.56 Å². The number of aliphatic imine (C=N–C) groups is 1. The number of esters is 1. The summed E-state index contributed by atoms with van der Waals surface area (Å²) in [6.45, 7) is 0. The Labute approximate surface area is 153 Å². The Bertz CT molecular complexity index is 884. The van der Waals surface area contributed by atoms with Gasteiger partial charge in [-0.05, 0) is 47.5 Å². The maximum atomic E-state index is 11.9. The highest BCUT2D eigenvalue weighted by molar-refractivity contribution is 6.42. The Morgan fingerprint density at radius 1 is 0.875 bits per heavy atom. The van der Waals surface area contributed by atoms with Crippen LogP contribution in [-0.2, 0) is 9.53 Å². The fraction of sp³-hybridized carbons (Fsp3) is 0. The number of halogens is 3. The Balaban J connectivity index is 1.80. The highest BCUT2D eigenvalue weighted by atomic mass is 35.5. The first-order chi connectivity index (χ1) is 11.5. The van der Waals surface area contributed by atoms with Gasteiger partial charge < -0.3 is 4.74 Å². The van der Waals surface area contributed by atoms with Crippen LogP contribution in [0.5, 0.6) is 0 Å². The van der Waals surface area contributed by atoms with E-state index >= 15 is 0 Å². The van der Waals surface area contributed by atoms with Gasteiger partial charge in [-0.25, -0.2) is 9.79 Å². The second-order valence-electron chi connectivity index (χ2n) is 4.93. The van der Waals surface area contributed by atoms with E-state index in [4.69, 9.17) is 39.5 Å². The van der Waals surface area contributed by atoms with Gasteiger partial charge in [-0.1, -0.05) is 53.0 Å². The third-order valence-electron chi connectivity index (χ3n) is 3.17. The van der Waals surface area contributed by atoms with Gasteiger partial charge in [0, 0.05) is 11.1 Å².